The Morgan fingerprint density at radius 2 is 1.65 bits per heavy atom. The van der Waals surface area contributed by atoms with Crippen LogP contribution in [0.25, 0.3) is 0 Å². The molecule has 2 heterocycles. The third kappa shape index (κ3) is 5.16. The first-order valence-corrected chi connectivity index (χ1v) is 11.3. The summed E-state index contributed by atoms with van der Waals surface area (Å²) >= 11 is 0. The zero-order valence-corrected chi connectivity index (χ0v) is 19.5. The number of rotatable bonds is 5. The molecule has 2 aliphatic rings. The molecule has 2 aromatic rings. The Kier molecular flexibility index (Phi) is 6.76. The second-order valence-electron chi connectivity index (χ2n) is 9.37. The van der Waals surface area contributed by atoms with E-state index in [2.05, 4.69) is 0 Å². The molecule has 12 heteroatoms. The molecule has 2 aromatic carbocycles. The molecular weight excluding hydrogens is 511 g/mol. The lowest BCUT2D eigenvalue weighted by Gasteiger charge is -2.28. The molecule has 0 spiro atoms. The van der Waals surface area contributed by atoms with Crippen molar-refractivity contribution >= 4 is 11.9 Å². The number of nitrogens with zero attached hydrogens (tertiary/aromatic N) is 1. The van der Waals surface area contributed by atoms with Gasteiger partial charge in [0.1, 0.15) is 11.7 Å². The van der Waals surface area contributed by atoms with Crippen molar-refractivity contribution in [2.24, 2.45) is 5.92 Å². The highest BCUT2D eigenvalue weighted by atomic mass is 19.4. The summed E-state index contributed by atoms with van der Waals surface area (Å²) in [6.07, 6.45) is -12.3. The van der Waals surface area contributed by atoms with Crippen molar-refractivity contribution in [1.29, 1.82) is 0 Å². The summed E-state index contributed by atoms with van der Waals surface area (Å²) in [6.45, 7) is 2.79. The van der Waals surface area contributed by atoms with E-state index in [1.807, 2.05) is 0 Å². The molecule has 0 saturated carbocycles. The van der Waals surface area contributed by atoms with E-state index in [1.54, 1.807) is 6.92 Å². The number of benzene rings is 2. The molecule has 0 bridgehead atoms. The van der Waals surface area contributed by atoms with Crippen molar-refractivity contribution in [1.82, 2.24) is 4.90 Å². The van der Waals surface area contributed by atoms with Crippen molar-refractivity contribution in [3.05, 3.63) is 70.0 Å². The number of carbonyl (C=O) groups excluding carboxylic acids is 1. The zero-order chi connectivity index (χ0) is 27.4. The average Bonchev–Trinajstić information content (AvgIpc) is 3.28. The van der Waals surface area contributed by atoms with Gasteiger partial charge in [0.2, 0.25) is 5.91 Å². The minimum Gasteiger partial charge on any atom is -0.481 e. The third-order valence-electron chi connectivity index (χ3n) is 7.00. The highest BCUT2D eigenvalue weighted by Crippen LogP contribution is 2.46. The lowest BCUT2D eigenvalue weighted by Crippen LogP contribution is -2.33. The fraction of sp³-hybridized carbons (Fsp3) is 0.440. The number of amides is 1. The maximum Gasteiger partial charge on any atom is 0.416 e. The fourth-order valence-electron chi connectivity index (χ4n) is 5.26. The first kappa shape index (κ1) is 26.9. The topological polar surface area (TPSA) is 66.8 Å². The first-order chi connectivity index (χ1) is 17.1. The Balaban J connectivity index is 1.71. The van der Waals surface area contributed by atoms with Gasteiger partial charge in [0.15, 0.2) is 0 Å². The van der Waals surface area contributed by atoms with E-state index < -0.39 is 71.3 Å². The Labute approximate surface area is 206 Å². The lowest BCUT2D eigenvalue weighted by molar-refractivity contribution is -0.148. The van der Waals surface area contributed by atoms with Gasteiger partial charge in [0.25, 0.3) is 0 Å². The van der Waals surface area contributed by atoms with E-state index >= 15 is 0 Å². The van der Waals surface area contributed by atoms with Gasteiger partial charge in [-0.1, -0.05) is 6.07 Å². The first-order valence-electron chi connectivity index (χ1n) is 11.3. The Hall–Kier alpha value is -3.15. The highest BCUT2D eigenvalue weighted by Gasteiger charge is 2.55. The second-order valence-corrected chi connectivity index (χ2v) is 9.37. The van der Waals surface area contributed by atoms with Crippen LogP contribution in [0.2, 0.25) is 0 Å². The monoisotopic (exact) mass is 533 g/mol. The number of fused-ring (bicyclic) bond motifs is 1. The molecule has 1 N–H and O–H groups in total. The maximum atomic E-state index is 13.8. The summed E-state index contributed by atoms with van der Waals surface area (Å²) in [4.78, 5) is 25.6. The summed E-state index contributed by atoms with van der Waals surface area (Å²) in [5.74, 6) is -4.45. The van der Waals surface area contributed by atoms with Crippen LogP contribution in [0.5, 0.6) is 0 Å². The van der Waals surface area contributed by atoms with Gasteiger partial charge in [-0.25, -0.2) is 4.39 Å². The average molecular weight is 533 g/mol. The van der Waals surface area contributed by atoms with Crippen LogP contribution in [-0.4, -0.2) is 40.6 Å². The van der Waals surface area contributed by atoms with E-state index in [0.29, 0.717) is 23.3 Å². The normalized spacial score (nSPS) is 24.9. The number of carbonyl (C=O) groups is 2. The molecule has 37 heavy (non-hydrogen) atoms. The fourth-order valence-corrected chi connectivity index (χ4v) is 5.26. The second kappa shape index (κ2) is 9.30. The third-order valence-corrected chi connectivity index (χ3v) is 7.00. The number of alkyl halides is 6. The SMILES string of the molecule is Cc1cc(F)ccc1[C@H]1C2CC(C(=O)O)C(=O)N2C[C@@H]1O[C@H](C)c1cc(C(F)(F)F)cc(C(F)(F)F)c1. The highest BCUT2D eigenvalue weighted by molar-refractivity contribution is 5.99. The van der Waals surface area contributed by atoms with Gasteiger partial charge in [-0.15, -0.1) is 0 Å². The maximum absolute atomic E-state index is 13.8. The Morgan fingerprint density at radius 3 is 2.16 bits per heavy atom. The van der Waals surface area contributed by atoms with E-state index in [0.717, 1.165) is 0 Å². The number of hydrogen-bond donors (Lipinski definition) is 1. The molecule has 4 rings (SSSR count). The van der Waals surface area contributed by atoms with Crippen molar-refractivity contribution in [2.75, 3.05) is 6.54 Å². The largest absolute Gasteiger partial charge is 0.481 e. The van der Waals surface area contributed by atoms with Crippen molar-refractivity contribution < 1.29 is 50.2 Å². The molecule has 5 atom stereocenters. The van der Waals surface area contributed by atoms with Crippen LogP contribution in [0, 0.1) is 18.7 Å². The van der Waals surface area contributed by atoms with Crippen molar-refractivity contribution in [3.63, 3.8) is 0 Å². The molecule has 2 fully saturated rings. The minimum atomic E-state index is -5.03. The lowest BCUT2D eigenvalue weighted by atomic mass is 9.84. The van der Waals surface area contributed by atoms with Gasteiger partial charge in [0, 0.05) is 18.5 Å². The van der Waals surface area contributed by atoms with E-state index in [-0.39, 0.29) is 24.6 Å². The predicted octanol–water partition coefficient (Wildman–Crippen LogP) is 5.72. The number of carboxylic acid groups (broad SMARTS) is 1. The number of halogens is 7. The van der Waals surface area contributed by atoms with Crippen LogP contribution >= 0.6 is 0 Å². The smallest absolute Gasteiger partial charge is 0.416 e. The van der Waals surface area contributed by atoms with Crippen LogP contribution in [0.3, 0.4) is 0 Å². The van der Waals surface area contributed by atoms with Gasteiger partial charge >= 0.3 is 18.3 Å². The molecule has 2 saturated heterocycles. The number of hydrogen-bond acceptors (Lipinski definition) is 3. The summed E-state index contributed by atoms with van der Waals surface area (Å²) < 4.78 is 99.8. The Morgan fingerprint density at radius 1 is 1.05 bits per heavy atom. The van der Waals surface area contributed by atoms with Crippen molar-refractivity contribution in [3.8, 4) is 0 Å². The molecule has 1 amide bonds. The van der Waals surface area contributed by atoms with Gasteiger partial charge in [-0.3, -0.25) is 9.59 Å². The molecular formula is C25H22F7NO4. The number of aliphatic carboxylic acids is 1. The quantitative estimate of drug-likeness (QED) is 0.395. The summed E-state index contributed by atoms with van der Waals surface area (Å²) in [7, 11) is 0. The number of ether oxygens (including phenoxy) is 1. The van der Waals surface area contributed by atoms with Gasteiger partial charge in [-0.2, -0.15) is 26.3 Å². The summed E-state index contributed by atoms with van der Waals surface area (Å²) in [6, 6.07) is 4.43. The minimum absolute atomic E-state index is 0.0251. The molecule has 200 valence electrons. The summed E-state index contributed by atoms with van der Waals surface area (Å²) in [5, 5.41) is 9.42. The number of carboxylic acids is 1. The van der Waals surface area contributed by atoms with Gasteiger partial charge in [-0.05, 0) is 67.3 Å². The molecule has 0 aliphatic carbocycles. The van der Waals surface area contributed by atoms with Gasteiger partial charge < -0.3 is 14.7 Å². The van der Waals surface area contributed by atoms with Crippen LogP contribution in [0.4, 0.5) is 30.7 Å². The standard InChI is InChI=1S/C25H22F7NO4/c1-11-5-16(26)3-4-17(11)21-19-9-18(23(35)36)22(34)33(19)10-20(21)37-12(2)13-6-14(24(27,28)29)8-15(7-13)25(30,31)32/h3-8,12,18-21H,9-10H2,1-2H3,(H,35,36)/t12-,18?,19?,20+,21+/m1/s1. The summed E-state index contributed by atoms with van der Waals surface area (Å²) in [5.41, 5.74) is -2.29. The predicted molar refractivity (Wildman–Crippen MR) is 115 cm³/mol. The zero-order valence-electron chi connectivity index (χ0n) is 19.5. The van der Waals surface area contributed by atoms with Crippen LogP contribution < -0.4 is 0 Å². The van der Waals surface area contributed by atoms with Crippen LogP contribution in [0.15, 0.2) is 36.4 Å². The van der Waals surface area contributed by atoms with E-state index in [9.17, 15) is 45.4 Å². The van der Waals surface area contributed by atoms with Gasteiger partial charge in [0.05, 0.1) is 23.3 Å². The molecule has 0 aromatic heterocycles. The molecule has 0 radical (unpaired) electrons. The van der Waals surface area contributed by atoms with Crippen LogP contribution in [0.1, 0.15) is 53.2 Å². The number of aryl methyl sites for hydroxylation is 1. The van der Waals surface area contributed by atoms with Crippen LogP contribution in [-0.2, 0) is 26.7 Å². The van der Waals surface area contributed by atoms with E-state index in [1.165, 1.54) is 30.0 Å². The Bertz CT molecular complexity index is 1190. The molecule has 2 unspecified atom stereocenters. The van der Waals surface area contributed by atoms with E-state index in [4.69, 9.17) is 4.74 Å². The molecule has 5 nitrogen and oxygen atoms in total. The van der Waals surface area contributed by atoms with Crippen molar-refractivity contribution in [2.45, 2.75) is 56.8 Å². The molecule has 2 aliphatic heterocycles.